The van der Waals surface area contributed by atoms with Crippen LogP contribution in [0, 0.1) is 0 Å². The molecule has 0 aromatic heterocycles. The Hall–Kier alpha value is -2.06. The number of esters is 1. The van der Waals surface area contributed by atoms with Crippen molar-refractivity contribution in [2.24, 2.45) is 0 Å². The zero-order chi connectivity index (χ0) is 18.3. The van der Waals surface area contributed by atoms with Gasteiger partial charge in [-0.25, -0.2) is 4.79 Å². The quantitative estimate of drug-likeness (QED) is 0.594. The molecule has 0 bridgehead atoms. The summed E-state index contributed by atoms with van der Waals surface area (Å²) in [5.41, 5.74) is -1.58. The van der Waals surface area contributed by atoms with E-state index >= 15 is 0 Å². The van der Waals surface area contributed by atoms with Gasteiger partial charge in [0.15, 0.2) is 12.7 Å². The highest BCUT2D eigenvalue weighted by molar-refractivity contribution is 6.30. The summed E-state index contributed by atoms with van der Waals surface area (Å²) in [6.45, 7) is 4.18. The van der Waals surface area contributed by atoms with Gasteiger partial charge in [0.1, 0.15) is 0 Å². The maximum atomic E-state index is 12.9. The lowest BCUT2D eigenvalue weighted by molar-refractivity contribution is -0.157. The highest BCUT2D eigenvalue weighted by atomic mass is 35.5. The van der Waals surface area contributed by atoms with Crippen molar-refractivity contribution < 1.29 is 32.2 Å². The standard InChI is InChI=1S/C15H15ClF3NO4/c1-3-6-23-9(2)14(22)24-8-13(21)20-12-5-4-10(16)7-11(12)15(17,18)19/h3-5,7,9H,1,6,8H2,2H3,(H,20,21). The summed E-state index contributed by atoms with van der Waals surface area (Å²) < 4.78 is 48.4. The predicted octanol–water partition coefficient (Wildman–Crippen LogP) is 3.43. The summed E-state index contributed by atoms with van der Waals surface area (Å²) in [5.74, 6) is -1.74. The number of halogens is 4. The lowest BCUT2D eigenvalue weighted by Crippen LogP contribution is -2.28. The Morgan fingerprint density at radius 1 is 1.42 bits per heavy atom. The van der Waals surface area contributed by atoms with Gasteiger partial charge in [0.05, 0.1) is 17.9 Å². The molecular formula is C15H15ClF3NO4. The summed E-state index contributed by atoms with van der Waals surface area (Å²) in [5, 5.41) is 1.90. The molecular weight excluding hydrogens is 351 g/mol. The minimum Gasteiger partial charge on any atom is -0.454 e. The third kappa shape index (κ3) is 6.21. The first kappa shape index (κ1) is 20.0. The van der Waals surface area contributed by atoms with Crippen LogP contribution >= 0.6 is 11.6 Å². The lowest BCUT2D eigenvalue weighted by atomic mass is 10.1. The molecule has 24 heavy (non-hydrogen) atoms. The van der Waals surface area contributed by atoms with Gasteiger partial charge < -0.3 is 14.8 Å². The van der Waals surface area contributed by atoms with E-state index in [1.807, 2.05) is 5.32 Å². The van der Waals surface area contributed by atoms with Gasteiger partial charge in [0, 0.05) is 5.02 Å². The summed E-state index contributed by atoms with van der Waals surface area (Å²) in [7, 11) is 0. The summed E-state index contributed by atoms with van der Waals surface area (Å²) in [4.78, 5) is 23.2. The van der Waals surface area contributed by atoms with Crippen molar-refractivity contribution in [3.8, 4) is 0 Å². The molecule has 0 saturated heterocycles. The highest BCUT2D eigenvalue weighted by Crippen LogP contribution is 2.36. The Morgan fingerprint density at radius 3 is 2.67 bits per heavy atom. The number of hydrogen-bond acceptors (Lipinski definition) is 4. The predicted molar refractivity (Wildman–Crippen MR) is 81.7 cm³/mol. The van der Waals surface area contributed by atoms with Crippen molar-refractivity contribution in [3.63, 3.8) is 0 Å². The van der Waals surface area contributed by atoms with Crippen molar-refractivity contribution >= 4 is 29.2 Å². The molecule has 1 amide bonds. The second kappa shape index (κ2) is 8.70. The molecule has 0 heterocycles. The van der Waals surface area contributed by atoms with Gasteiger partial charge in [-0.15, -0.1) is 6.58 Å². The largest absolute Gasteiger partial charge is 0.454 e. The van der Waals surface area contributed by atoms with Gasteiger partial charge in [-0.1, -0.05) is 17.7 Å². The van der Waals surface area contributed by atoms with Crippen LogP contribution in [-0.2, 0) is 25.2 Å². The van der Waals surface area contributed by atoms with E-state index < -0.39 is 42.0 Å². The van der Waals surface area contributed by atoms with Crippen LogP contribution in [0.25, 0.3) is 0 Å². The molecule has 0 saturated carbocycles. The van der Waals surface area contributed by atoms with E-state index in [2.05, 4.69) is 11.3 Å². The number of carbonyl (C=O) groups excluding carboxylic acids is 2. The lowest BCUT2D eigenvalue weighted by Gasteiger charge is -2.15. The first-order valence-electron chi connectivity index (χ1n) is 6.71. The van der Waals surface area contributed by atoms with Gasteiger partial charge in [0.25, 0.3) is 5.91 Å². The van der Waals surface area contributed by atoms with E-state index in [0.29, 0.717) is 6.07 Å². The first-order valence-corrected chi connectivity index (χ1v) is 7.08. The van der Waals surface area contributed by atoms with E-state index in [0.717, 1.165) is 6.07 Å². The number of benzene rings is 1. The number of hydrogen-bond donors (Lipinski definition) is 1. The Kier molecular flexibility index (Phi) is 7.24. The first-order chi connectivity index (χ1) is 11.1. The molecule has 0 aliphatic rings. The van der Waals surface area contributed by atoms with Gasteiger partial charge in [-0.05, 0) is 25.1 Å². The van der Waals surface area contributed by atoms with E-state index in [1.54, 1.807) is 0 Å². The average molecular weight is 366 g/mol. The molecule has 5 nitrogen and oxygen atoms in total. The molecule has 0 radical (unpaired) electrons. The number of carbonyl (C=O) groups is 2. The number of nitrogens with one attached hydrogen (secondary N) is 1. The number of anilines is 1. The Balaban J connectivity index is 2.66. The fourth-order valence-corrected chi connectivity index (χ4v) is 1.75. The fraction of sp³-hybridized carbons (Fsp3) is 0.333. The van der Waals surface area contributed by atoms with Crippen LogP contribution in [0.3, 0.4) is 0 Å². The Labute approximate surface area is 141 Å². The maximum absolute atomic E-state index is 12.9. The molecule has 132 valence electrons. The van der Waals surface area contributed by atoms with Crippen molar-refractivity contribution in [2.45, 2.75) is 19.2 Å². The molecule has 1 aromatic carbocycles. The van der Waals surface area contributed by atoms with E-state index in [1.165, 1.54) is 19.1 Å². The number of rotatable bonds is 7. The molecule has 1 atom stereocenters. The molecule has 0 aliphatic heterocycles. The van der Waals surface area contributed by atoms with Crippen molar-refractivity contribution in [1.82, 2.24) is 0 Å². The van der Waals surface area contributed by atoms with Crippen LogP contribution in [0.5, 0.6) is 0 Å². The normalized spacial score (nSPS) is 12.4. The maximum Gasteiger partial charge on any atom is 0.418 e. The SMILES string of the molecule is C=CCOC(C)C(=O)OCC(=O)Nc1ccc(Cl)cc1C(F)(F)F. The molecule has 1 aromatic rings. The fourth-order valence-electron chi connectivity index (χ4n) is 1.58. The molecule has 9 heteroatoms. The minimum absolute atomic E-state index is 0.113. The molecule has 0 spiro atoms. The zero-order valence-electron chi connectivity index (χ0n) is 12.7. The smallest absolute Gasteiger partial charge is 0.418 e. The number of ether oxygens (including phenoxy) is 2. The second-order valence-corrected chi connectivity index (χ2v) is 5.04. The molecule has 0 fully saturated rings. The van der Waals surface area contributed by atoms with Gasteiger partial charge in [0.2, 0.25) is 0 Å². The topological polar surface area (TPSA) is 64.6 Å². The highest BCUT2D eigenvalue weighted by Gasteiger charge is 2.34. The average Bonchev–Trinajstić information content (AvgIpc) is 2.50. The van der Waals surface area contributed by atoms with Crippen LogP contribution in [0.15, 0.2) is 30.9 Å². The van der Waals surface area contributed by atoms with Crippen LogP contribution < -0.4 is 5.32 Å². The minimum atomic E-state index is -4.70. The van der Waals surface area contributed by atoms with E-state index in [4.69, 9.17) is 16.3 Å². The molecule has 1 N–H and O–H groups in total. The van der Waals surface area contributed by atoms with Crippen LogP contribution in [0.4, 0.5) is 18.9 Å². The van der Waals surface area contributed by atoms with Crippen LogP contribution in [-0.4, -0.2) is 31.2 Å². The zero-order valence-corrected chi connectivity index (χ0v) is 13.4. The molecule has 0 aliphatic carbocycles. The van der Waals surface area contributed by atoms with Gasteiger partial charge in [-0.3, -0.25) is 4.79 Å². The monoisotopic (exact) mass is 365 g/mol. The van der Waals surface area contributed by atoms with Gasteiger partial charge >= 0.3 is 12.1 Å². The van der Waals surface area contributed by atoms with E-state index in [-0.39, 0.29) is 11.6 Å². The molecule has 1 rings (SSSR count). The van der Waals surface area contributed by atoms with Gasteiger partial charge in [-0.2, -0.15) is 13.2 Å². The Morgan fingerprint density at radius 2 is 2.08 bits per heavy atom. The second-order valence-electron chi connectivity index (χ2n) is 4.61. The number of amides is 1. The summed E-state index contributed by atoms with van der Waals surface area (Å²) >= 11 is 5.54. The summed E-state index contributed by atoms with van der Waals surface area (Å²) in [6, 6.07) is 2.90. The summed E-state index contributed by atoms with van der Waals surface area (Å²) in [6.07, 6.45) is -4.20. The molecule has 1 unspecified atom stereocenters. The van der Waals surface area contributed by atoms with Crippen molar-refractivity contribution in [2.75, 3.05) is 18.5 Å². The van der Waals surface area contributed by atoms with Crippen LogP contribution in [0.1, 0.15) is 12.5 Å². The van der Waals surface area contributed by atoms with Crippen LogP contribution in [0.2, 0.25) is 5.02 Å². The van der Waals surface area contributed by atoms with Crippen molar-refractivity contribution in [3.05, 3.63) is 41.4 Å². The van der Waals surface area contributed by atoms with Crippen molar-refractivity contribution in [1.29, 1.82) is 0 Å². The van der Waals surface area contributed by atoms with E-state index in [9.17, 15) is 22.8 Å². The third-order valence-electron chi connectivity index (χ3n) is 2.70. The number of alkyl halides is 3. The Bertz CT molecular complexity index is 619. The third-order valence-corrected chi connectivity index (χ3v) is 2.94.